The van der Waals surface area contributed by atoms with Gasteiger partial charge in [-0.25, -0.2) is 9.97 Å². The van der Waals surface area contributed by atoms with Crippen LogP contribution in [-0.2, 0) is 6.42 Å². The maximum absolute atomic E-state index is 9.25. The van der Waals surface area contributed by atoms with Crippen molar-refractivity contribution in [2.45, 2.75) is 51.0 Å². The summed E-state index contributed by atoms with van der Waals surface area (Å²) in [5.41, 5.74) is 3.46. The molecule has 0 aliphatic heterocycles. The third-order valence-corrected chi connectivity index (χ3v) is 4.86. The molecule has 0 atom stereocenters. The molecule has 3 rings (SSSR count). The smallest absolute Gasteiger partial charge is 0.133 e. The number of hydrogen-bond acceptors (Lipinski definition) is 4. The first kappa shape index (κ1) is 15.9. The molecule has 0 bridgehead atoms. The zero-order valence-electron chi connectivity index (χ0n) is 13.7. The molecule has 4 heteroatoms. The van der Waals surface area contributed by atoms with Gasteiger partial charge < -0.3 is 10.4 Å². The zero-order valence-corrected chi connectivity index (χ0v) is 13.7. The molecule has 1 saturated carbocycles. The van der Waals surface area contributed by atoms with Crippen LogP contribution in [0.3, 0.4) is 0 Å². The number of nitrogens with one attached hydrogen (secondary N) is 1. The fourth-order valence-electron chi connectivity index (χ4n) is 3.53. The summed E-state index contributed by atoms with van der Waals surface area (Å²) in [6, 6.07) is 11.3. The van der Waals surface area contributed by atoms with E-state index in [9.17, 15) is 5.11 Å². The molecule has 2 N–H and O–H groups in total. The van der Waals surface area contributed by atoms with Crippen LogP contribution in [0, 0.1) is 6.92 Å². The van der Waals surface area contributed by atoms with Crippen molar-refractivity contribution in [3.8, 4) is 0 Å². The summed E-state index contributed by atoms with van der Waals surface area (Å²) >= 11 is 0. The van der Waals surface area contributed by atoms with E-state index in [1.807, 2.05) is 6.92 Å². The van der Waals surface area contributed by atoms with Crippen LogP contribution in [0.1, 0.15) is 48.4 Å². The number of aliphatic hydroxyl groups excluding tert-OH is 1. The Kier molecular flexibility index (Phi) is 5.23. The molecule has 1 aliphatic carbocycles. The molecule has 1 aromatic carbocycles. The summed E-state index contributed by atoms with van der Waals surface area (Å²) < 4.78 is 0. The molecular weight excluding hydrogens is 286 g/mol. The van der Waals surface area contributed by atoms with Crippen LogP contribution in [0.25, 0.3) is 0 Å². The Balaban J connectivity index is 1.62. The third kappa shape index (κ3) is 3.88. The highest BCUT2D eigenvalue weighted by atomic mass is 16.2. The van der Waals surface area contributed by atoms with Crippen LogP contribution < -0.4 is 5.32 Å². The van der Waals surface area contributed by atoms with Gasteiger partial charge in [-0.1, -0.05) is 30.3 Å². The van der Waals surface area contributed by atoms with Gasteiger partial charge in [-0.05, 0) is 44.1 Å². The van der Waals surface area contributed by atoms with E-state index in [-0.39, 0.29) is 6.61 Å². The van der Waals surface area contributed by atoms with Gasteiger partial charge in [0.15, 0.2) is 0 Å². The minimum Gasteiger partial charge on any atom is -0.396 e. The monoisotopic (exact) mass is 311 g/mol. The van der Waals surface area contributed by atoms with Gasteiger partial charge in [-0.15, -0.1) is 0 Å². The van der Waals surface area contributed by atoms with E-state index in [1.165, 1.54) is 18.4 Å². The molecule has 122 valence electrons. The Morgan fingerprint density at radius 3 is 2.52 bits per heavy atom. The number of hydrogen-bond donors (Lipinski definition) is 2. The van der Waals surface area contributed by atoms with E-state index in [1.54, 1.807) is 6.33 Å². The van der Waals surface area contributed by atoms with Gasteiger partial charge in [0.05, 0.1) is 0 Å². The number of anilines is 1. The molecule has 23 heavy (non-hydrogen) atoms. The molecule has 0 spiro atoms. The Labute approximate surface area is 138 Å². The van der Waals surface area contributed by atoms with Gasteiger partial charge in [0, 0.05) is 30.3 Å². The lowest BCUT2D eigenvalue weighted by atomic mass is 9.82. The largest absolute Gasteiger partial charge is 0.396 e. The molecule has 0 saturated heterocycles. The molecule has 0 radical (unpaired) electrons. The number of aliphatic hydroxyl groups is 1. The molecular formula is C19H25N3O. The van der Waals surface area contributed by atoms with E-state index < -0.39 is 0 Å². The fourth-order valence-corrected chi connectivity index (χ4v) is 3.53. The lowest BCUT2D eigenvalue weighted by molar-refractivity contribution is 0.299. The number of aryl methyl sites for hydroxylation is 1. The van der Waals surface area contributed by atoms with Crippen LogP contribution in [0.15, 0.2) is 36.7 Å². The minimum atomic E-state index is 0.129. The van der Waals surface area contributed by atoms with Gasteiger partial charge in [-0.2, -0.15) is 0 Å². The van der Waals surface area contributed by atoms with Gasteiger partial charge in [-0.3, -0.25) is 0 Å². The summed E-state index contributed by atoms with van der Waals surface area (Å²) in [5.74, 6) is 1.58. The number of nitrogens with zero attached hydrogens (tertiary/aromatic N) is 2. The Hall–Kier alpha value is -1.94. The fraction of sp³-hybridized carbons (Fsp3) is 0.474. The first-order valence-electron chi connectivity index (χ1n) is 8.50. The highest BCUT2D eigenvalue weighted by Gasteiger charge is 2.23. The molecule has 1 aromatic heterocycles. The second-order valence-electron chi connectivity index (χ2n) is 6.36. The van der Waals surface area contributed by atoms with Gasteiger partial charge in [0.2, 0.25) is 0 Å². The van der Waals surface area contributed by atoms with Crippen LogP contribution in [0.4, 0.5) is 5.82 Å². The average Bonchev–Trinajstić information content (AvgIpc) is 2.59. The average molecular weight is 311 g/mol. The number of aromatic nitrogens is 2. The van der Waals surface area contributed by atoms with Crippen molar-refractivity contribution in [1.29, 1.82) is 0 Å². The second-order valence-corrected chi connectivity index (χ2v) is 6.36. The van der Waals surface area contributed by atoms with Crippen molar-refractivity contribution in [2.24, 2.45) is 0 Å². The molecule has 4 nitrogen and oxygen atoms in total. The lowest BCUT2D eigenvalue weighted by Gasteiger charge is -2.30. The van der Waals surface area contributed by atoms with Gasteiger partial charge >= 0.3 is 0 Å². The second kappa shape index (κ2) is 7.55. The highest BCUT2D eigenvalue weighted by Crippen LogP contribution is 2.34. The van der Waals surface area contributed by atoms with Crippen molar-refractivity contribution >= 4 is 5.82 Å². The van der Waals surface area contributed by atoms with Crippen molar-refractivity contribution in [3.05, 3.63) is 53.5 Å². The normalized spacial score (nSPS) is 21.1. The van der Waals surface area contributed by atoms with Crippen molar-refractivity contribution < 1.29 is 5.11 Å². The maximum atomic E-state index is 9.25. The SMILES string of the molecule is Cc1ncnc(NC2CCC(c3ccccc3)CC2)c1CCO. The first-order chi connectivity index (χ1) is 11.3. The summed E-state index contributed by atoms with van der Waals surface area (Å²) in [7, 11) is 0. The van der Waals surface area contributed by atoms with Gasteiger partial charge in [0.25, 0.3) is 0 Å². The highest BCUT2D eigenvalue weighted by molar-refractivity contribution is 5.46. The molecule has 1 aliphatic rings. The standard InChI is InChI=1S/C19H25N3O/c1-14-18(11-12-23)19(21-13-20-14)22-17-9-7-16(8-10-17)15-5-3-2-4-6-15/h2-6,13,16-17,23H,7-12H2,1H3,(H,20,21,22). The molecule has 0 amide bonds. The number of benzene rings is 1. The van der Waals surface area contributed by atoms with Crippen molar-refractivity contribution in [3.63, 3.8) is 0 Å². The van der Waals surface area contributed by atoms with Crippen molar-refractivity contribution in [2.75, 3.05) is 11.9 Å². The quantitative estimate of drug-likeness (QED) is 0.888. The maximum Gasteiger partial charge on any atom is 0.133 e. The summed E-state index contributed by atoms with van der Waals surface area (Å²) in [6.45, 7) is 2.10. The summed E-state index contributed by atoms with van der Waals surface area (Å²) in [5, 5.41) is 12.8. The van der Waals surface area contributed by atoms with E-state index >= 15 is 0 Å². The predicted molar refractivity (Wildman–Crippen MR) is 92.6 cm³/mol. The van der Waals surface area contributed by atoms with Crippen molar-refractivity contribution in [1.82, 2.24) is 9.97 Å². The molecule has 2 aromatic rings. The van der Waals surface area contributed by atoms with E-state index in [0.717, 1.165) is 29.9 Å². The zero-order chi connectivity index (χ0) is 16.1. The van der Waals surface area contributed by atoms with Crippen LogP contribution in [-0.4, -0.2) is 27.7 Å². The van der Waals surface area contributed by atoms with Gasteiger partial charge in [0.1, 0.15) is 12.1 Å². The third-order valence-electron chi connectivity index (χ3n) is 4.86. The van der Waals surface area contributed by atoms with E-state index in [2.05, 4.69) is 45.6 Å². The van der Waals surface area contributed by atoms with E-state index in [4.69, 9.17) is 0 Å². The van der Waals surface area contributed by atoms with Crippen LogP contribution in [0.5, 0.6) is 0 Å². The van der Waals surface area contributed by atoms with Crippen LogP contribution in [0.2, 0.25) is 0 Å². The van der Waals surface area contributed by atoms with Crippen LogP contribution >= 0.6 is 0 Å². The molecule has 1 fully saturated rings. The first-order valence-corrected chi connectivity index (χ1v) is 8.50. The minimum absolute atomic E-state index is 0.129. The Morgan fingerprint density at radius 2 is 1.83 bits per heavy atom. The Bertz CT molecular complexity index is 622. The Morgan fingerprint density at radius 1 is 1.09 bits per heavy atom. The summed E-state index contributed by atoms with van der Waals surface area (Å²) in [6.07, 6.45) is 6.94. The molecule has 0 unspecified atom stereocenters. The lowest BCUT2D eigenvalue weighted by Crippen LogP contribution is -2.26. The van der Waals surface area contributed by atoms with E-state index in [0.29, 0.717) is 18.4 Å². The topological polar surface area (TPSA) is 58.0 Å². The number of rotatable bonds is 5. The summed E-state index contributed by atoms with van der Waals surface area (Å²) in [4.78, 5) is 8.64. The molecule has 1 heterocycles. The predicted octanol–water partition coefficient (Wildman–Crippen LogP) is 3.46.